The zero-order valence-corrected chi connectivity index (χ0v) is 15.2. The Morgan fingerprint density at radius 1 is 0.964 bits per heavy atom. The van der Waals surface area contributed by atoms with Crippen molar-refractivity contribution < 1.29 is 13.6 Å². The number of benzene rings is 3. The fraction of sp³-hybridized carbons (Fsp3) is 0. The lowest BCUT2D eigenvalue weighted by atomic mass is 10.1. The lowest BCUT2D eigenvalue weighted by Gasteiger charge is -2.08. The van der Waals surface area contributed by atoms with Crippen molar-refractivity contribution in [3.63, 3.8) is 0 Å². The van der Waals surface area contributed by atoms with Gasteiger partial charge in [0.1, 0.15) is 17.2 Å². The van der Waals surface area contributed by atoms with Crippen LogP contribution in [0, 0.1) is 5.82 Å². The Balaban J connectivity index is 1.68. The third-order valence-electron chi connectivity index (χ3n) is 4.23. The van der Waals surface area contributed by atoms with Crippen LogP contribution in [0.1, 0.15) is 10.4 Å². The fourth-order valence-electron chi connectivity index (χ4n) is 2.83. The maximum Gasteiger partial charge on any atom is 0.258 e. The van der Waals surface area contributed by atoms with Crippen LogP contribution in [0.4, 0.5) is 10.1 Å². The summed E-state index contributed by atoms with van der Waals surface area (Å²) in [6.07, 6.45) is 0. The first-order valence-corrected chi connectivity index (χ1v) is 8.79. The molecule has 0 saturated heterocycles. The second kappa shape index (κ2) is 7.29. The number of hydrogen-bond acceptors (Lipinski definition) is 3. The minimum Gasteiger partial charge on any atom is -0.456 e. The molecule has 0 aliphatic heterocycles. The van der Waals surface area contributed by atoms with Crippen molar-refractivity contribution >= 4 is 34.2 Å². The molecule has 0 fully saturated rings. The van der Waals surface area contributed by atoms with Gasteiger partial charge in [-0.05, 0) is 54.6 Å². The monoisotopic (exact) mass is 393 g/mol. The number of rotatable bonds is 3. The smallest absolute Gasteiger partial charge is 0.258 e. The Hall–Kier alpha value is -3.44. The molecule has 1 amide bonds. The molecule has 6 heteroatoms. The molecule has 3 aromatic carbocycles. The first kappa shape index (κ1) is 17.9. The lowest BCUT2D eigenvalue weighted by molar-refractivity contribution is 0.102. The molecule has 4 rings (SSSR count). The fourth-order valence-corrected chi connectivity index (χ4v) is 2.96. The van der Waals surface area contributed by atoms with Crippen molar-refractivity contribution in [2.75, 3.05) is 5.32 Å². The molecule has 4 aromatic rings. The minimum atomic E-state index is -0.618. The van der Waals surface area contributed by atoms with Gasteiger partial charge in [0.15, 0.2) is 5.43 Å². The second-order valence-electron chi connectivity index (χ2n) is 6.13. The standard InChI is InChI=1S/C22H13ClFNO3/c23-14-7-5-13(6-8-14)21-12-19(26)17-11-15(9-10-20(17)28-21)25-22(27)16-3-1-2-4-18(16)24/h1-12H,(H,25,27). The number of carbonyl (C=O) groups is 1. The van der Waals surface area contributed by atoms with E-state index >= 15 is 0 Å². The molecule has 138 valence electrons. The van der Waals surface area contributed by atoms with Crippen LogP contribution in [-0.4, -0.2) is 5.91 Å². The van der Waals surface area contributed by atoms with Gasteiger partial charge in [0, 0.05) is 22.3 Å². The Bertz CT molecular complexity index is 1250. The van der Waals surface area contributed by atoms with Crippen molar-refractivity contribution in [1.29, 1.82) is 0 Å². The summed E-state index contributed by atoms with van der Waals surface area (Å²) < 4.78 is 19.6. The first-order valence-electron chi connectivity index (χ1n) is 8.41. The highest BCUT2D eigenvalue weighted by Gasteiger charge is 2.13. The number of halogens is 2. The number of amides is 1. The van der Waals surface area contributed by atoms with Gasteiger partial charge in [-0.15, -0.1) is 0 Å². The first-order chi connectivity index (χ1) is 13.5. The summed E-state index contributed by atoms with van der Waals surface area (Å²) in [5, 5.41) is 3.49. The summed E-state index contributed by atoms with van der Waals surface area (Å²) in [5.74, 6) is -0.801. The van der Waals surface area contributed by atoms with Gasteiger partial charge in [-0.2, -0.15) is 0 Å². The van der Waals surface area contributed by atoms with E-state index in [1.165, 1.54) is 30.3 Å². The minimum absolute atomic E-state index is 0.0762. The van der Waals surface area contributed by atoms with Crippen LogP contribution in [0.2, 0.25) is 5.02 Å². The summed E-state index contributed by atoms with van der Waals surface area (Å²) in [4.78, 5) is 24.8. The van der Waals surface area contributed by atoms with Crippen LogP contribution in [0.15, 0.2) is 82.0 Å². The van der Waals surface area contributed by atoms with Gasteiger partial charge >= 0.3 is 0 Å². The maximum absolute atomic E-state index is 13.8. The quantitative estimate of drug-likeness (QED) is 0.499. The Morgan fingerprint density at radius 2 is 1.71 bits per heavy atom. The molecule has 0 unspecified atom stereocenters. The predicted octanol–water partition coefficient (Wildman–Crippen LogP) is 5.50. The zero-order chi connectivity index (χ0) is 19.7. The topological polar surface area (TPSA) is 59.3 Å². The second-order valence-corrected chi connectivity index (χ2v) is 6.56. The largest absolute Gasteiger partial charge is 0.456 e. The van der Waals surface area contributed by atoms with Crippen molar-refractivity contribution in [3.05, 3.63) is 99.4 Å². The number of carbonyl (C=O) groups excluding carboxylic acids is 1. The Kier molecular flexibility index (Phi) is 4.67. The van der Waals surface area contributed by atoms with E-state index in [-0.39, 0.29) is 11.0 Å². The molecule has 0 bridgehead atoms. The molecule has 0 saturated carbocycles. The molecule has 28 heavy (non-hydrogen) atoms. The van der Waals surface area contributed by atoms with Crippen molar-refractivity contribution in [3.8, 4) is 11.3 Å². The highest BCUT2D eigenvalue weighted by molar-refractivity contribution is 6.30. The normalized spacial score (nSPS) is 10.8. The average molecular weight is 394 g/mol. The van der Waals surface area contributed by atoms with E-state index in [1.54, 1.807) is 42.5 Å². The van der Waals surface area contributed by atoms with Crippen LogP contribution in [-0.2, 0) is 0 Å². The van der Waals surface area contributed by atoms with E-state index in [0.717, 1.165) is 5.56 Å². The molecule has 1 aromatic heterocycles. The molecule has 1 heterocycles. The van der Waals surface area contributed by atoms with E-state index in [2.05, 4.69) is 5.32 Å². The zero-order valence-electron chi connectivity index (χ0n) is 14.4. The highest BCUT2D eigenvalue weighted by Crippen LogP contribution is 2.25. The number of hydrogen-bond donors (Lipinski definition) is 1. The number of nitrogens with one attached hydrogen (secondary N) is 1. The summed E-state index contributed by atoms with van der Waals surface area (Å²) >= 11 is 5.89. The van der Waals surface area contributed by atoms with Crippen LogP contribution in [0.3, 0.4) is 0 Å². The summed E-state index contributed by atoms with van der Waals surface area (Å²) in [6, 6.07) is 18.7. The summed E-state index contributed by atoms with van der Waals surface area (Å²) in [6.45, 7) is 0. The molecule has 0 spiro atoms. The van der Waals surface area contributed by atoms with Crippen LogP contribution in [0.25, 0.3) is 22.3 Å². The third-order valence-corrected chi connectivity index (χ3v) is 4.48. The molecule has 0 atom stereocenters. The van der Waals surface area contributed by atoms with Gasteiger partial charge < -0.3 is 9.73 Å². The molecular weight excluding hydrogens is 381 g/mol. The van der Waals surface area contributed by atoms with Gasteiger partial charge in [0.25, 0.3) is 5.91 Å². The predicted molar refractivity (Wildman–Crippen MR) is 107 cm³/mol. The molecular formula is C22H13ClFNO3. The molecule has 0 radical (unpaired) electrons. The Morgan fingerprint density at radius 3 is 2.46 bits per heavy atom. The van der Waals surface area contributed by atoms with Gasteiger partial charge in [-0.1, -0.05) is 23.7 Å². The molecule has 0 aliphatic carbocycles. The summed E-state index contributed by atoms with van der Waals surface area (Å²) in [7, 11) is 0. The van der Waals surface area contributed by atoms with E-state index in [0.29, 0.717) is 27.4 Å². The van der Waals surface area contributed by atoms with Crippen LogP contribution >= 0.6 is 11.6 Å². The van der Waals surface area contributed by atoms with Crippen molar-refractivity contribution in [2.45, 2.75) is 0 Å². The van der Waals surface area contributed by atoms with Gasteiger partial charge in [-0.3, -0.25) is 9.59 Å². The van der Waals surface area contributed by atoms with Gasteiger partial charge in [0.05, 0.1) is 10.9 Å². The maximum atomic E-state index is 13.8. The SMILES string of the molecule is O=C(Nc1ccc2oc(-c3ccc(Cl)cc3)cc(=O)c2c1)c1ccccc1F. The van der Waals surface area contributed by atoms with E-state index < -0.39 is 11.7 Å². The summed E-state index contributed by atoms with van der Waals surface area (Å²) in [5.41, 5.74) is 1.13. The van der Waals surface area contributed by atoms with E-state index in [9.17, 15) is 14.0 Å². The van der Waals surface area contributed by atoms with Crippen molar-refractivity contribution in [1.82, 2.24) is 0 Å². The lowest BCUT2D eigenvalue weighted by Crippen LogP contribution is -2.14. The molecule has 1 N–H and O–H groups in total. The average Bonchev–Trinajstić information content (AvgIpc) is 2.69. The van der Waals surface area contributed by atoms with E-state index in [1.807, 2.05) is 0 Å². The van der Waals surface area contributed by atoms with Crippen LogP contribution < -0.4 is 10.7 Å². The van der Waals surface area contributed by atoms with Crippen molar-refractivity contribution in [2.24, 2.45) is 0 Å². The number of fused-ring (bicyclic) bond motifs is 1. The number of anilines is 1. The molecule has 4 nitrogen and oxygen atoms in total. The Labute approximate surface area is 164 Å². The van der Waals surface area contributed by atoms with E-state index in [4.69, 9.17) is 16.0 Å². The van der Waals surface area contributed by atoms with Crippen LogP contribution in [0.5, 0.6) is 0 Å². The molecule has 0 aliphatic rings. The third kappa shape index (κ3) is 3.52. The highest BCUT2D eigenvalue weighted by atomic mass is 35.5. The van der Waals surface area contributed by atoms with Gasteiger partial charge in [-0.25, -0.2) is 4.39 Å². The van der Waals surface area contributed by atoms with Gasteiger partial charge in [0.2, 0.25) is 0 Å².